The molecular weight excluding hydrogens is 286 g/mol. The van der Waals surface area contributed by atoms with Crippen molar-refractivity contribution in [2.24, 2.45) is 0 Å². The molecule has 112 valence electrons. The average molecular weight is 305 g/mol. The van der Waals surface area contributed by atoms with E-state index in [1.165, 1.54) is 4.88 Å². The van der Waals surface area contributed by atoms with Crippen molar-refractivity contribution < 1.29 is 4.79 Å². The number of pyridine rings is 1. The lowest BCUT2D eigenvalue weighted by atomic mass is 10.2. The number of H-pyrrole nitrogens is 1. The van der Waals surface area contributed by atoms with Crippen LogP contribution in [-0.2, 0) is 0 Å². The Balaban J connectivity index is 2.07. The van der Waals surface area contributed by atoms with Crippen LogP contribution in [0.5, 0.6) is 0 Å². The summed E-state index contributed by atoms with van der Waals surface area (Å²) in [6, 6.07) is 7.40. The SMILES string of the molecule is Cc1ccc(C(=O)NCC(c2cccs2)N(C)C)c(=O)[nH]1. The van der Waals surface area contributed by atoms with Crippen LogP contribution in [0.4, 0.5) is 0 Å². The first-order chi connectivity index (χ1) is 9.99. The number of nitrogens with zero attached hydrogens (tertiary/aromatic N) is 1. The van der Waals surface area contributed by atoms with Crippen molar-refractivity contribution in [1.82, 2.24) is 15.2 Å². The summed E-state index contributed by atoms with van der Waals surface area (Å²) in [7, 11) is 3.93. The molecule has 6 heteroatoms. The fourth-order valence-corrected chi connectivity index (χ4v) is 2.98. The summed E-state index contributed by atoms with van der Waals surface area (Å²) in [5, 5.41) is 4.85. The largest absolute Gasteiger partial charge is 0.350 e. The van der Waals surface area contributed by atoms with Crippen molar-refractivity contribution in [3.05, 3.63) is 56.1 Å². The molecule has 5 nitrogen and oxygen atoms in total. The van der Waals surface area contributed by atoms with Gasteiger partial charge in [-0.15, -0.1) is 11.3 Å². The van der Waals surface area contributed by atoms with E-state index in [0.29, 0.717) is 6.54 Å². The van der Waals surface area contributed by atoms with Crippen LogP contribution in [0.3, 0.4) is 0 Å². The Kier molecular flexibility index (Phi) is 4.93. The van der Waals surface area contributed by atoms with E-state index in [0.717, 1.165) is 5.69 Å². The molecule has 0 fully saturated rings. The normalized spacial score (nSPS) is 12.4. The predicted octanol–water partition coefficient (Wildman–Crippen LogP) is 1.78. The zero-order chi connectivity index (χ0) is 15.4. The molecule has 21 heavy (non-hydrogen) atoms. The number of hydrogen-bond donors (Lipinski definition) is 2. The zero-order valence-corrected chi connectivity index (χ0v) is 13.2. The third-order valence-corrected chi connectivity index (χ3v) is 4.22. The van der Waals surface area contributed by atoms with Gasteiger partial charge in [0.2, 0.25) is 0 Å². The molecule has 0 radical (unpaired) electrons. The number of thiophene rings is 1. The summed E-state index contributed by atoms with van der Waals surface area (Å²) in [6.07, 6.45) is 0. The molecule has 2 rings (SSSR count). The number of hydrogen-bond acceptors (Lipinski definition) is 4. The first kappa shape index (κ1) is 15.5. The van der Waals surface area contributed by atoms with E-state index in [4.69, 9.17) is 0 Å². The van der Waals surface area contributed by atoms with E-state index in [2.05, 4.69) is 10.3 Å². The molecule has 0 saturated carbocycles. The lowest BCUT2D eigenvalue weighted by Gasteiger charge is -2.23. The number of aromatic nitrogens is 1. The summed E-state index contributed by atoms with van der Waals surface area (Å²) in [5.41, 5.74) is 0.524. The summed E-state index contributed by atoms with van der Waals surface area (Å²) < 4.78 is 0. The van der Waals surface area contributed by atoms with Crippen molar-refractivity contribution in [3.8, 4) is 0 Å². The van der Waals surface area contributed by atoms with Gasteiger partial charge in [-0.25, -0.2) is 0 Å². The average Bonchev–Trinajstić information content (AvgIpc) is 2.92. The molecule has 0 spiro atoms. The van der Waals surface area contributed by atoms with Gasteiger partial charge in [0.15, 0.2) is 0 Å². The third-order valence-electron chi connectivity index (χ3n) is 3.25. The Labute approximate surface area is 127 Å². The first-order valence-electron chi connectivity index (χ1n) is 6.67. The molecule has 2 heterocycles. The standard InChI is InChI=1S/C15H19N3O2S/c1-10-6-7-11(15(20)17-10)14(19)16-9-12(18(2)3)13-5-4-8-21-13/h4-8,12H,9H2,1-3H3,(H,16,19)(H,17,20). The molecule has 2 aromatic heterocycles. The van der Waals surface area contributed by atoms with Crippen molar-refractivity contribution in [2.75, 3.05) is 20.6 Å². The number of carbonyl (C=O) groups is 1. The van der Waals surface area contributed by atoms with Gasteiger partial charge >= 0.3 is 0 Å². The number of likely N-dealkylation sites (N-methyl/N-ethyl adjacent to an activating group) is 1. The van der Waals surface area contributed by atoms with Crippen molar-refractivity contribution in [3.63, 3.8) is 0 Å². The summed E-state index contributed by atoms with van der Waals surface area (Å²) >= 11 is 1.65. The van der Waals surface area contributed by atoms with E-state index in [1.54, 1.807) is 30.4 Å². The number of carbonyl (C=O) groups excluding carboxylic acids is 1. The van der Waals surface area contributed by atoms with Crippen LogP contribution in [0.1, 0.15) is 27.0 Å². The van der Waals surface area contributed by atoms with Crippen LogP contribution in [0.25, 0.3) is 0 Å². The van der Waals surface area contributed by atoms with Gasteiger partial charge in [0.1, 0.15) is 5.56 Å². The van der Waals surface area contributed by atoms with E-state index < -0.39 is 0 Å². The second-order valence-corrected chi connectivity index (χ2v) is 6.07. The van der Waals surface area contributed by atoms with Gasteiger partial charge < -0.3 is 15.2 Å². The highest BCUT2D eigenvalue weighted by Crippen LogP contribution is 2.22. The Morgan fingerprint density at radius 1 is 1.38 bits per heavy atom. The van der Waals surface area contributed by atoms with Crippen LogP contribution < -0.4 is 10.9 Å². The van der Waals surface area contributed by atoms with Gasteiger partial charge in [0, 0.05) is 17.1 Å². The van der Waals surface area contributed by atoms with E-state index in [9.17, 15) is 9.59 Å². The van der Waals surface area contributed by atoms with Gasteiger partial charge in [0.05, 0.1) is 6.04 Å². The van der Waals surface area contributed by atoms with Crippen LogP contribution in [0, 0.1) is 6.92 Å². The van der Waals surface area contributed by atoms with Gasteiger partial charge in [0.25, 0.3) is 11.5 Å². The minimum absolute atomic E-state index is 0.0958. The van der Waals surface area contributed by atoms with E-state index in [1.807, 2.05) is 36.5 Å². The number of amides is 1. The fourth-order valence-electron chi connectivity index (χ4n) is 2.05. The highest BCUT2D eigenvalue weighted by Gasteiger charge is 2.17. The summed E-state index contributed by atoms with van der Waals surface area (Å²) in [4.78, 5) is 29.7. The maximum absolute atomic E-state index is 12.1. The second kappa shape index (κ2) is 6.69. The van der Waals surface area contributed by atoms with Crippen LogP contribution in [-0.4, -0.2) is 36.4 Å². The van der Waals surface area contributed by atoms with Gasteiger partial charge in [-0.1, -0.05) is 6.07 Å². The smallest absolute Gasteiger partial charge is 0.260 e. The Morgan fingerprint density at radius 3 is 2.71 bits per heavy atom. The molecule has 2 aromatic rings. The monoisotopic (exact) mass is 305 g/mol. The quantitative estimate of drug-likeness (QED) is 0.885. The minimum Gasteiger partial charge on any atom is -0.350 e. The number of nitrogens with one attached hydrogen (secondary N) is 2. The summed E-state index contributed by atoms with van der Waals surface area (Å²) in [5.74, 6) is -0.348. The molecule has 0 aromatic carbocycles. The topological polar surface area (TPSA) is 65.2 Å². The molecular formula is C15H19N3O2S. The molecule has 1 atom stereocenters. The van der Waals surface area contributed by atoms with Gasteiger partial charge in [-0.3, -0.25) is 9.59 Å². The fraction of sp³-hybridized carbons (Fsp3) is 0.333. The highest BCUT2D eigenvalue weighted by atomic mass is 32.1. The molecule has 0 saturated heterocycles. The van der Waals surface area contributed by atoms with E-state index >= 15 is 0 Å². The highest BCUT2D eigenvalue weighted by molar-refractivity contribution is 7.10. The number of aryl methyl sites for hydroxylation is 1. The lowest BCUT2D eigenvalue weighted by Crippen LogP contribution is -2.36. The number of rotatable bonds is 5. The Morgan fingerprint density at radius 2 is 2.14 bits per heavy atom. The second-order valence-electron chi connectivity index (χ2n) is 5.09. The molecule has 0 bridgehead atoms. The Hall–Kier alpha value is -1.92. The van der Waals surface area contributed by atoms with Crippen molar-refractivity contribution in [2.45, 2.75) is 13.0 Å². The van der Waals surface area contributed by atoms with Gasteiger partial charge in [-0.05, 0) is 44.6 Å². The van der Waals surface area contributed by atoms with Crippen LogP contribution in [0.2, 0.25) is 0 Å². The molecule has 0 aliphatic carbocycles. The van der Waals surface area contributed by atoms with Crippen molar-refractivity contribution in [1.29, 1.82) is 0 Å². The zero-order valence-electron chi connectivity index (χ0n) is 12.3. The minimum atomic E-state index is -0.356. The van der Waals surface area contributed by atoms with Gasteiger partial charge in [-0.2, -0.15) is 0 Å². The molecule has 1 unspecified atom stereocenters. The molecule has 0 aliphatic rings. The molecule has 0 aliphatic heterocycles. The first-order valence-corrected chi connectivity index (χ1v) is 7.55. The summed E-state index contributed by atoms with van der Waals surface area (Å²) in [6.45, 7) is 2.24. The molecule has 1 amide bonds. The number of aromatic amines is 1. The lowest BCUT2D eigenvalue weighted by molar-refractivity contribution is 0.0940. The van der Waals surface area contributed by atoms with Crippen molar-refractivity contribution >= 4 is 17.2 Å². The Bertz CT molecular complexity index is 662. The maximum Gasteiger partial charge on any atom is 0.260 e. The predicted molar refractivity (Wildman–Crippen MR) is 84.9 cm³/mol. The van der Waals surface area contributed by atoms with E-state index in [-0.39, 0.29) is 23.1 Å². The maximum atomic E-state index is 12.1. The third kappa shape index (κ3) is 3.80. The molecule has 2 N–H and O–H groups in total. The van der Waals surface area contributed by atoms with Crippen LogP contribution >= 0.6 is 11.3 Å². The van der Waals surface area contributed by atoms with Crippen LogP contribution in [0.15, 0.2) is 34.4 Å².